The zero-order valence-corrected chi connectivity index (χ0v) is 9.66. The lowest BCUT2D eigenvalue weighted by Crippen LogP contribution is -2.31. The van der Waals surface area contributed by atoms with E-state index in [1.165, 1.54) is 0 Å². The molecule has 0 amide bonds. The first-order valence-corrected chi connectivity index (χ1v) is 5.48. The van der Waals surface area contributed by atoms with Crippen molar-refractivity contribution in [3.8, 4) is 0 Å². The molecule has 0 aliphatic carbocycles. The van der Waals surface area contributed by atoms with Gasteiger partial charge in [-0.1, -0.05) is 51.1 Å². The van der Waals surface area contributed by atoms with Gasteiger partial charge in [-0.25, -0.2) is 0 Å². The smallest absolute Gasteiger partial charge is 0.156 e. The van der Waals surface area contributed by atoms with E-state index in [4.69, 9.17) is 0 Å². The van der Waals surface area contributed by atoms with E-state index in [0.717, 1.165) is 12.1 Å². The fourth-order valence-electron chi connectivity index (χ4n) is 1.57. The fraction of sp³-hybridized carbons (Fsp3) is 0.462. The second-order valence-corrected chi connectivity index (χ2v) is 3.96. The van der Waals surface area contributed by atoms with Gasteiger partial charge in [-0.05, 0) is 12.1 Å². The van der Waals surface area contributed by atoms with E-state index in [9.17, 15) is 4.79 Å². The van der Waals surface area contributed by atoms with Crippen LogP contribution in [0.25, 0.3) is 0 Å². The second kappa shape index (κ2) is 5.66. The molecule has 82 valence electrons. The Labute approximate surface area is 91.7 Å². The maximum atomic E-state index is 12.0. The van der Waals surface area contributed by atoms with Crippen molar-refractivity contribution < 1.29 is 4.79 Å². The number of rotatable bonds is 5. The molecular weight excluding hydrogens is 186 g/mol. The maximum absolute atomic E-state index is 12.0. The highest BCUT2D eigenvalue weighted by Crippen LogP contribution is 2.17. The zero-order valence-electron chi connectivity index (χ0n) is 9.66. The lowest BCUT2D eigenvalue weighted by atomic mass is 9.95. The monoisotopic (exact) mass is 205 g/mol. The Morgan fingerprint density at radius 2 is 1.87 bits per heavy atom. The molecular formula is C13H19NO. The van der Waals surface area contributed by atoms with Crippen LogP contribution in [0.4, 0.5) is 0 Å². The molecule has 15 heavy (non-hydrogen) atoms. The van der Waals surface area contributed by atoms with Crippen LogP contribution >= 0.6 is 0 Å². The van der Waals surface area contributed by atoms with Gasteiger partial charge >= 0.3 is 0 Å². The van der Waals surface area contributed by atoms with E-state index >= 15 is 0 Å². The van der Waals surface area contributed by atoms with Crippen molar-refractivity contribution >= 4 is 5.78 Å². The molecule has 0 unspecified atom stereocenters. The molecule has 0 fully saturated rings. The Kier molecular flexibility index (Phi) is 4.50. The van der Waals surface area contributed by atoms with Crippen LogP contribution in [0, 0.1) is 5.92 Å². The third kappa shape index (κ3) is 3.17. The molecule has 0 saturated heterocycles. The van der Waals surface area contributed by atoms with Crippen molar-refractivity contribution in [2.45, 2.75) is 26.8 Å². The molecule has 0 aromatic heterocycles. The van der Waals surface area contributed by atoms with Crippen molar-refractivity contribution in [1.82, 2.24) is 5.32 Å². The molecule has 0 spiro atoms. The summed E-state index contributed by atoms with van der Waals surface area (Å²) >= 11 is 0. The Balaban J connectivity index is 2.88. The molecule has 0 radical (unpaired) electrons. The summed E-state index contributed by atoms with van der Waals surface area (Å²) in [5.74, 6) is 0.317. The molecule has 2 nitrogen and oxygen atoms in total. The highest BCUT2D eigenvalue weighted by molar-refractivity contribution is 5.86. The van der Waals surface area contributed by atoms with Gasteiger partial charge in [0.05, 0.1) is 6.04 Å². The number of hydrogen-bond acceptors (Lipinski definition) is 2. The third-order valence-electron chi connectivity index (χ3n) is 2.39. The van der Waals surface area contributed by atoms with Gasteiger partial charge in [0.2, 0.25) is 0 Å². The minimum absolute atomic E-state index is 0.0641. The number of nitrogens with one attached hydrogen (secondary N) is 1. The first kappa shape index (κ1) is 11.9. The summed E-state index contributed by atoms with van der Waals surface area (Å²) in [5, 5.41) is 3.23. The Bertz CT molecular complexity index is 306. The topological polar surface area (TPSA) is 29.1 Å². The highest BCUT2D eigenvalue weighted by Gasteiger charge is 2.21. The average Bonchev–Trinajstić information content (AvgIpc) is 2.26. The average molecular weight is 205 g/mol. The number of ketones is 1. The lowest BCUT2D eigenvalue weighted by molar-refractivity contribution is -0.124. The van der Waals surface area contributed by atoms with E-state index in [0.29, 0.717) is 0 Å². The number of benzene rings is 1. The standard InChI is InChI=1S/C13H19NO/c1-4-14-12(13(15)10(2)3)11-8-6-5-7-9-11/h5-10,12,14H,4H2,1-3H3/t12-/m0/s1. The zero-order chi connectivity index (χ0) is 11.3. The van der Waals surface area contributed by atoms with E-state index in [1.54, 1.807) is 0 Å². The number of carbonyl (C=O) groups is 1. The van der Waals surface area contributed by atoms with Crippen LogP contribution in [-0.2, 0) is 4.79 Å². The maximum Gasteiger partial charge on any atom is 0.156 e. The number of Topliss-reactive ketones (excluding diaryl/α,β-unsaturated/α-hetero) is 1. The third-order valence-corrected chi connectivity index (χ3v) is 2.39. The largest absolute Gasteiger partial charge is 0.304 e. The molecule has 1 aromatic rings. The van der Waals surface area contributed by atoms with Crippen LogP contribution in [0.3, 0.4) is 0 Å². The Hall–Kier alpha value is -1.15. The van der Waals surface area contributed by atoms with E-state index in [1.807, 2.05) is 51.1 Å². The normalized spacial score (nSPS) is 12.8. The van der Waals surface area contributed by atoms with Crippen LogP contribution in [-0.4, -0.2) is 12.3 Å². The van der Waals surface area contributed by atoms with E-state index in [-0.39, 0.29) is 17.7 Å². The second-order valence-electron chi connectivity index (χ2n) is 3.96. The van der Waals surface area contributed by atoms with Crippen molar-refractivity contribution in [3.63, 3.8) is 0 Å². The van der Waals surface area contributed by atoms with Gasteiger partial charge in [-0.15, -0.1) is 0 Å². The van der Waals surface area contributed by atoms with Crippen LogP contribution < -0.4 is 5.32 Å². The van der Waals surface area contributed by atoms with Crippen LogP contribution in [0.2, 0.25) is 0 Å². The minimum atomic E-state index is -0.156. The summed E-state index contributed by atoms with van der Waals surface area (Å²) in [5.41, 5.74) is 1.05. The summed E-state index contributed by atoms with van der Waals surface area (Å²) in [6.07, 6.45) is 0. The Morgan fingerprint density at radius 1 is 1.27 bits per heavy atom. The molecule has 1 atom stereocenters. The molecule has 0 aliphatic rings. The van der Waals surface area contributed by atoms with Crippen molar-refractivity contribution in [2.75, 3.05) is 6.54 Å². The SMILES string of the molecule is CCN[C@H](C(=O)C(C)C)c1ccccc1. The summed E-state index contributed by atoms with van der Waals surface area (Å²) in [7, 11) is 0. The summed E-state index contributed by atoms with van der Waals surface area (Å²) in [6, 6.07) is 9.73. The molecule has 0 bridgehead atoms. The van der Waals surface area contributed by atoms with Gasteiger partial charge in [-0.3, -0.25) is 4.79 Å². The van der Waals surface area contributed by atoms with Gasteiger partial charge in [0.25, 0.3) is 0 Å². The molecule has 1 rings (SSSR count). The Morgan fingerprint density at radius 3 is 2.33 bits per heavy atom. The fourth-order valence-corrected chi connectivity index (χ4v) is 1.57. The molecule has 1 N–H and O–H groups in total. The first-order valence-electron chi connectivity index (χ1n) is 5.48. The minimum Gasteiger partial charge on any atom is -0.304 e. The van der Waals surface area contributed by atoms with Crippen LogP contribution in [0.15, 0.2) is 30.3 Å². The van der Waals surface area contributed by atoms with Gasteiger partial charge in [0.15, 0.2) is 5.78 Å². The molecule has 0 saturated carbocycles. The number of hydrogen-bond donors (Lipinski definition) is 1. The molecule has 2 heteroatoms. The summed E-state index contributed by atoms with van der Waals surface area (Å²) in [4.78, 5) is 12.0. The number of carbonyl (C=O) groups excluding carboxylic acids is 1. The van der Waals surface area contributed by atoms with Gasteiger partial charge in [0, 0.05) is 5.92 Å². The van der Waals surface area contributed by atoms with Gasteiger partial charge in [0.1, 0.15) is 0 Å². The lowest BCUT2D eigenvalue weighted by Gasteiger charge is -2.18. The molecule has 0 heterocycles. The number of likely N-dealkylation sites (N-methyl/N-ethyl adjacent to an activating group) is 1. The van der Waals surface area contributed by atoms with Crippen molar-refractivity contribution in [1.29, 1.82) is 0 Å². The first-order chi connectivity index (χ1) is 7.16. The van der Waals surface area contributed by atoms with Gasteiger partial charge in [-0.2, -0.15) is 0 Å². The van der Waals surface area contributed by atoms with Crippen molar-refractivity contribution in [3.05, 3.63) is 35.9 Å². The summed E-state index contributed by atoms with van der Waals surface area (Å²) in [6.45, 7) is 6.70. The quantitative estimate of drug-likeness (QED) is 0.800. The van der Waals surface area contributed by atoms with Crippen LogP contribution in [0.1, 0.15) is 32.4 Å². The van der Waals surface area contributed by atoms with E-state index in [2.05, 4.69) is 5.32 Å². The van der Waals surface area contributed by atoms with Gasteiger partial charge < -0.3 is 5.32 Å². The predicted octanol–water partition coefficient (Wildman–Crippen LogP) is 2.56. The van der Waals surface area contributed by atoms with Crippen molar-refractivity contribution in [2.24, 2.45) is 5.92 Å². The van der Waals surface area contributed by atoms with Crippen LogP contribution in [0.5, 0.6) is 0 Å². The molecule has 1 aromatic carbocycles. The highest BCUT2D eigenvalue weighted by atomic mass is 16.1. The summed E-state index contributed by atoms with van der Waals surface area (Å²) < 4.78 is 0. The molecule has 0 aliphatic heterocycles. The van der Waals surface area contributed by atoms with E-state index < -0.39 is 0 Å². The predicted molar refractivity (Wildman–Crippen MR) is 62.7 cm³/mol.